The van der Waals surface area contributed by atoms with Gasteiger partial charge in [0.1, 0.15) is 5.76 Å². The number of hydrogen-bond donors (Lipinski definition) is 1. The van der Waals surface area contributed by atoms with Gasteiger partial charge in [0.15, 0.2) is 5.76 Å². The number of carbonyl (C=O) groups is 1. The van der Waals surface area contributed by atoms with Crippen molar-refractivity contribution in [3.05, 3.63) is 58.5 Å². The first-order valence-electron chi connectivity index (χ1n) is 8.01. The Hall–Kier alpha value is -1.43. The molecule has 3 rings (SSSR count). The van der Waals surface area contributed by atoms with Crippen molar-refractivity contribution in [2.75, 3.05) is 13.2 Å². The number of rotatable bonds is 7. The van der Waals surface area contributed by atoms with Gasteiger partial charge in [-0.05, 0) is 42.7 Å². The summed E-state index contributed by atoms with van der Waals surface area (Å²) in [6.07, 6.45) is 2.21. The van der Waals surface area contributed by atoms with Crippen LogP contribution in [0.3, 0.4) is 0 Å². The first-order chi connectivity index (χ1) is 11.7. The molecule has 6 heteroatoms. The van der Waals surface area contributed by atoms with Gasteiger partial charge in [0, 0.05) is 23.9 Å². The van der Waals surface area contributed by atoms with Crippen LogP contribution in [0.2, 0.25) is 5.02 Å². The van der Waals surface area contributed by atoms with E-state index in [2.05, 4.69) is 5.32 Å². The molecule has 1 unspecified atom stereocenters. The van der Waals surface area contributed by atoms with Gasteiger partial charge in [-0.2, -0.15) is 0 Å². The van der Waals surface area contributed by atoms with Crippen LogP contribution >= 0.6 is 23.4 Å². The molecule has 0 radical (unpaired) electrons. The number of benzene rings is 1. The topological polar surface area (TPSA) is 51.5 Å². The summed E-state index contributed by atoms with van der Waals surface area (Å²) in [4.78, 5) is 12.1. The zero-order valence-corrected chi connectivity index (χ0v) is 14.9. The van der Waals surface area contributed by atoms with Gasteiger partial charge >= 0.3 is 0 Å². The fourth-order valence-corrected chi connectivity index (χ4v) is 3.54. The van der Waals surface area contributed by atoms with Gasteiger partial charge in [0.05, 0.1) is 11.9 Å². The van der Waals surface area contributed by atoms with E-state index in [0.717, 1.165) is 41.7 Å². The van der Waals surface area contributed by atoms with Crippen LogP contribution in [0.5, 0.6) is 0 Å². The van der Waals surface area contributed by atoms with Gasteiger partial charge in [-0.1, -0.05) is 23.7 Å². The van der Waals surface area contributed by atoms with Gasteiger partial charge in [-0.25, -0.2) is 0 Å². The molecule has 24 heavy (non-hydrogen) atoms. The van der Waals surface area contributed by atoms with Crippen molar-refractivity contribution in [3.63, 3.8) is 0 Å². The molecule has 1 saturated heterocycles. The fraction of sp³-hybridized carbons (Fsp3) is 0.389. The average molecular weight is 366 g/mol. The SMILES string of the molecule is O=C(NCC1CCCO1)c1ccc(CSCc2ccc(Cl)cc2)o1. The predicted molar refractivity (Wildman–Crippen MR) is 96.5 cm³/mol. The Morgan fingerprint density at radius 2 is 2.04 bits per heavy atom. The van der Waals surface area contributed by atoms with E-state index in [-0.39, 0.29) is 12.0 Å². The average Bonchev–Trinajstić information content (AvgIpc) is 3.26. The summed E-state index contributed by atoms with van der Waals surface area (Å²) >= 11 is 7.61. The molecule has 2 heterocycles. The number of thioether (sulfide) groups is 1. The molecule has 1 aliphatic heterocycles. The summed E-state index contributed by atoms with van der Waals surface area (Å²) < 4.78 is 11.1. The molecule has 0 aliphatic carbocycles. The van der Waals surface area contributed by atoms with E-state index in [1.54, 1.807) is 17.8 Å². The highest BCUT2D eigenvalue weighted by atomic mass is 35.5. The van der Waals surface area contributed by atoms with E-state index < -0.39 is 0 Å². The highest BCUT2D eigenvalue weighted by Crippen LogP contribution is 2.21. The molecule has 1 atom stereocenters. The molecule has 128 valence electrons. The number of carbonyl (C=O) groups excluding carboxylic acids is 1. The van der Waals surface area contributed by atoms with Gasteiger partial charge < -0.3 is 14.5 Å². The summed E-state index contributed by atoms with van der Waals surface area (Å²) in [7, 11) is 0. The molecule has 1 amide bonds. The van der Waals surface area contributed by atoms with Crippen LogP contribution in [0.15, 0.2) is 40.8 Å². The maximum atomic E-state index is 12.1. The molecule has 1 aromatic heterocycles. The Labute approximate surface area is 150 Å². The molecule has 0 saturated carbocycles. The maximum Gasteiger partial charge on any atom is 0.287 e. The lowest BCUT2D eigenvalue weighted by atomic mass is 10.2. The van der Waals surface area contributed by atoms with Gasteiger partial charge in [-0.15, -0.1) is 11.8 Å². The Balaban J connectivity index is 1.42. The van der Waals surface area contributed by atoms with Crippen molar-refractivity contribution in [2.24, 2.45) is 0 Å². The summed E-state index contributed by atoms with van der Waals surface area (Å²) in [6.45, 7) is 1.33. The zero-order valence-electron chi connectivity index (χ0n) is 13.3. The third-order valence-corrected chi connectivity index (χ3v) is 5.10. The smallest absolute Gasteiger partial charge is 0.287 e. The Morgan fingerprint density at radius 3 is 2.79 bits per heavy atom. The number of hydrogen-bond acceptors (Lipinski definition) is 4. The second-order valence-corrected chi connectivity index (χ2v) is 7.15. The summed E-state index contributed by atoms with van der Waals surface area (Å²) in [5.74, 6) is 2.57. The fourth-order valence-electron chi connectivity index (χ4n) is 2.53. The van der Waals surface area contributed by atoms with Crippen molar-refractivity contribution in [3.8, 4) is 0 Å². The minimum Gasteiger partial charge on any atom is -0.455 e. The second-order valence-electron chi connectivity index (χ2n) is 5.73. The van der Waals surface area contributed by atoms with E-state index in [9.17, 15) is 4.79 Å². The second kappa shape index (κ2) is 8.60. The van der Waals surface area contributed by atoms with E-state index in [1.165, 1.54) is 5.56 Å². The number of amides is 1. The van der Waals surface area contributed by atoms with Crippen molar-refractivity contribution >= 4 is 29.3 Å². The minimum absolute atomic E-state index is 0.137. The van der Waals surface area contributed by atoms with Crippen molar-refractivity contribution in [2.45, 2.75) is 30.5 Å². The molecular formula is C18H20ClNO3S. The minimum atomic E-state index is -0.181. The quantitative estimate of drug-likeness (QED) is 0.795. The summed E-state index contributed by atoms with van der Waals surface area (Å²) in [5, 5.41) is 3.61. The molecule has 1 aromatic carbocycles. The standard InChI is InChI=1S/C18H20ClNO3S/c19-14-5-3-13(4-6-14)11-24-12-16-7-8-17(23-16)18(21)20-10-15-2-1-9-22-15/h3-8,15H,1-2,9-12H2,(H,20,21). The van der Waals surface area contributed by atoms with Crippen LogP contribution < -0.4 is 5.32 Å². The highest BCUT2D eigenvalue weighted by Gasteiger charge is 2.18. The summed E-state index contributed by atoms with van der Waals surface area (Å²) in [5.41, 5.74) is 1.21. The first-order valence-corrected chi connectivity index (χ1v) is 9.54. The molecule has 0 bridgehead atoms. The van der Waals surface area contributed by atoms with Crippen LogP contribution in [0.4, 0.5) is 0 Å². The Bertz CT molecular complexity index is 665. The largest absolute Gasteiger partial charge is 0.455 e. The lowest BCUT2D eigenvalue weighted by Crippen LogP contribution is -2.31. The van der Waals surface area contributed by atoms with Crippen LogP contribution in [0, 0.1) is 0 Å². The number of halogens is 1. The van der Waals surface area contributed by atoms with E-state index in [0.29, 0.717) is 12.3 Å². The van der Waals surface area contributed by atoms with Crippen LogP contribution in [-0.2, 0) is 16.2 Å². The molecular weight excluding hydrogens is 346 g/mol. The Kier molecular flexibility index (Phi) is 6.24. The van der Waals surface area contributed by atoms with E-state index in [1.807, 2.05) is 30.3 Å². The van der Waals surface area contributed by atoms with Crippen LogP contribution in [0.1, 0.15) is 34.7 Å². The van der Waals surface area contributed by atoms with Gasteiger partial charge in [0.25, 0.3) is 5.91 Å². The van der Waals surface area contributed by atoms with Crippen molar-refractivity contribution in [1.29, 1.82) is 0 Å². The van der Waals surface area contributed by atoms with E-state index >= 15 is 0 Å². The van der Waals surface area contributed by atoms with Crippen molar-refractivity contribution < 1.29 is 13.9 Å². The van der Waals surface area contributed by atoms with Crippen LogP contribution in [-0.4, -0.2) is 25.2 Å². The number of nitrogens with one attached hydrogen (secondary N) is 1. The summed E-state index contributed by atoms with van der Waals surface area (Å²) in [6, 6.07) is 11.4. The Morgan fingerprint density at radius 1 is 1.21 bits per heavy atom. The molecule has 2 aromatic rings. The van der Waals surface area contributed by atoms with Gasteiger partial charge in [0.2, 0.25) is 0 Å². The maximum absolute atomic E-state index is 12.1. The number of furan rings is 1. The molecule has 1 fully saturated rings. The molecule has 1 N–H and O–H groups in total. The van der Waals surface area contributed by atoms with Gasteiger partial charge in [-0.3, -0.25) is 4.79 Å². The predicted octanol–water partition coefficient (Wildman–Crippen LogP) is 4.28. The number of ether oxygens (including phenoxy) is 1. The normalized spacial score (nSPS) is 17.1. The third-order valence-electron chi connectivity index (χ3n) is 3.83. The highest BCUT2D eigenvalue weighted by molar-refractivity contribution is 7.97. The lowest BCUT2D eigenvalue weighted by Gasteiger charge is -2.09. The molecule has 0 spiro atoms. The molecule has 4 nitrogen and oxygen atoms in total. The first kappa shape index (κ1) is 17.4. The lowest BCUT2D eigenvalue weighted by molar-refractivity contribution is 0.0834. The monoisotopic (exact) mass is 365 g/mol. The zero-order chi connectivity index (χ0) is 16.8. The van der Waals surface area contributed by atoms with E-state index in [4.69, 9.17) is 20.8 Å². The van der Waals surface area contributed by atoms with Crippen LogP contribution in [0.25, 0.3) is 0 Å². The van der Waals surface area contributed by atoms with Crippen molar-refractivity contribution in [1.82, 2.24) is 5.32 Å². The third kappa shape index (κ3) is 5.03. The molecule has 1 aliphatic rings.